The number of anilines is 3. The highest BCUT2D eigenvalue weighted by atomic mass is 19.4. The van der Waals surface area contributed by atoms with Crippen molar-refractivity contribution in [2.45, 2.75) is 19.6 Å². The number of alkyl halides is 3. The average Bonchev–Trinajstić information content (AvgIpc) is 3.59. The molecule has 0 spiro atoms. The lowest BCUT2D eigenvalue weighted by Crippen LogP contribution is -2.44. The largest absolute Gasteiger partial charge is 0.457 e. The van der Waals surface area contributed by atoms with Gasteiger partial charge in [0.15, 0.2) is 5.82 Å². The number of pyridine rings is 1. The van der Waals surface area contributed by atoms with E-state index in [4.69, 9.17) is 9.72 Å². The van der Waals surface area contributed by atoms with Gasteiger partial charge in [0.25, 0.3) is 0 Å². The van der Waals surface area contributed by atoms with E-state index in [0.29, 0.717) is 11.5 Å². The maximum atomic E-state index is 13.0. The number of fused-ring (bicyclic) bond motifs is 1. The van der Waals surface area contributed by atoms with Crippen LogP contribution in [0.15, 0.2) is 67.0 Å². The van der Waals surface area contributed by atoms with Crippen LogP contribution in [0, 0.1) is 0 Å². The van der Waals surface area contributed by atoms with Crippen LogP contribution in [0.5, 0.6) is 11.5 Å². The van der Waals surface area contributed by atoms with Gasteiger partial charge in [-0.15, -0.1) is 0 Å². The minimum absolute atomic E-state index is 0.00666. The molecule has 4 heterocycles. The van der Waals surface area contributed by atoms with Crippen molar-refractivity contribution in [3.8, 4) is 23.0 Å². The first-order chi connectivity index (χ1) is 19.8. The molecule has 41 heavy (non-hydrogen) atoms. The number of halogens is 3. The van der Waals surface area contributed by atoms with Crippen molar-refractivity contribution in [1.82, 2.24) is 29.4 Å². The molecular weight excluding hydrogens is 533 g/mol. The van der Waals surface area contributed by atoms with E-state index in [-0.39, 0.29) is 11.5 Å². The van der Waals surface area contributed by atoms with Crippen LogP contribution >= 0.6 is 0 Å². The minimum atomic E-state index is -4.52. The predicted molar refractivity (Wildman–Crippen MR) is 152 cm³/mol. The smallest absolute Gasteiger partial charge is 0.432 e. The van der Waals surface area contributed by atoms with Gasteiger partial charge in [0, 0.05) is 62.4 Å². The van der Waals surface area contributed by atoms with Crippen molar-refractivity contribution in [3.05, 3.63) is 72.7 Å². The molecule has 5 aromatic rings. The zero-order valence-electron chi connectivity index (χ0n) is 22.6. The quantitative estimate of drug-likeness (QED) is 0.246. The molecule has 212 valence electrons. The second-order valence-corrected chi connectivity index (χ2v) is 9.91. The molecule has 0 unspecified atom stereocenters. The zero-order valence-corrected chi connectivity index (χ0v) is 22.6. The molecule has 1 aliphatic rings. The number of H-pyrrole nitrogens is 1. The lowest BCUT2D eigenvalue weighted by molar-refractivity contribution is -0.140. The van der Waals surface area contributed by atoms with Crippen molar-refractivity contribution in [1.29, 1.82) is 0 Å². The first-order valence-electron chi connectivity index (χ1n) is 13.3. The van der Waals surface area contributed by atoms with Gasteiger partial charge < -0.3 is 29.4 Å². The van der Waals surface area contributed by atoms with E-state index in [2.05, 4.69) is 72.9 Å². The van der Waals surface area contributed by atoms with Gasteiger partial charge in [-0.2, -0.15) is 13.2 Å². The molecule has 9 nitrogen and oxygen atoms in total. The lowest BCUT2D eigenvalue weighted by atomic mass is 10.2. The van der Waals surface area contributed by atoms with Crippen LogP contribution in [0.25, 0.3) is 22.6 Å². The minimum Gasteiger partial charge on any atom is -0.457 e. The van der Waals surface area contributed by atoms with Crippen LogP contribution in [-0.4, -0.2) is 62.6 Å². The van der Waals surface area contributed by atoms with Crippen molar-refractivity contribution in [2.75, 3.05) is 43.4 Å². The number of likely N-dealkylation sites (N-methyl/N-ethyl adjacent to an activating group) is 1. The molecular formula is C29H29F3N8O. The molecule has 6 rings (SSSR count). The molecule has 1 fully saturated rings. The van der Waals surface area contributed by atoms with Gasteiger partial charge in [0.05, 0.1) is 17.2 Å². The van der Waals surface area contributed by atoms with Crippen LogP contribution in [0.4, 0.5) is 30.5 Å². The Hall–Kier alpha value is -4.58. The predicted octanol–water partition coefficient (Wildman–Crippen LogP) is 6.15. The Kier molecular flexibility index (Phi) is 7.00. The summed E-state index contributed by atoms with van der Waals surface area (Å²) in [7, 11) is 2.15. The van der Waals surface area contributed by atoms with E-state index in [0.717, 1.165) is 61.6 Å². The topological polar surface area (TPSA) is 87.1 Å². The molecule has 0 radical (unpaired) electrons. The third-order valence-corrected chi connectivity index (χ3v) is 7.12. The molecule has 2 aromatic carbocycles. The van der Waals surface area contributed by atoms with E-state index < -0.39 is 11.9 Å². The third kappa shape index (κ3) is 5.68. The number of hydrogen-bond acceptors (Lipinski definition) is 7. The van der Waals surface area contributed by atoms with E-state index in [1.54, 1.807) is 6.07 Å². The molecule has 2 N–H and O–H groups in total. The van der Waals surface area contributed by atoms with Gasteiger partial charge in [-0.25, -0.2) is 9.97 Å². The highest BCUT2D eigenvalue weighted by molar-refractivity contribution is 5.81. The SMILES string of the molecule is CCn1c(Nc2ccc(N3CCN(C)CC3)cc2)nc2cc(Oc3ccnc(-c4ncc(C(F)(F)F)[nH]4)c3)ccc21. The summed E-state index contributed by atoms with van der Waals surface area (Å²) in [5, 5.41) is 3.44. The first-order valence-corrected chi connectivity index (χ1v) is 13.3. The van der Waals surface area contributed by atoms with E-state index in [1.807, 2.05) is 18.2 Å². The highest BCUT2D eigenvalue weighted by Gasteiger charge is 2.33. The number of aromatic nitrogens is 5. The maximum absolute atomic E-state index is 13.0. The molecule has 1 aliphatic heterocycles. The summed E-state index contributed by atoms with van der Waals surface area (Å²) in [6, 6.07) is 17.2. The van der Waals surface area contributed by atoms with E-state index >= 15 is 0 Å². The number of aromatic amines is 1. The summed E-state index contributed by atoms with van der Waals surface area (Å²) < 4.78 is 47.0. The first kappa shape index (κ1) is 26.6. The number of ether oxygens (including phenoxy) is 1. The average molecular weight is 563 g/mol. The Morgan fingerprint density at radius 1 is 0.951 bits per heavy atom. The second kappa shape index (κ2) is 10.8. The Labute approximate surface area is 234 Å². The third-order valence-electron chi connectivity index (χ3n) is 7.12. The summed E-state index contributed by atoms with van der Waals surface area (Å²) in [4.78, 5) is 19.7. The Morgan fingerprint density at radius 3 is 2.41 bits per heavy atom. The molecule has 1 saturated heterocycles. The normalized spacial score (nSPS) is 14.5. The zero-order chi connectivity index (χ0) is 28.6. The molecule has 12 heteroatoms. The van der Waals surface area contributed by atoms with Crippen LogP contribution in [0.2, 0.25) is 0 Å². The van der Waals surface area contributed by atoms with Gasteiger partial charge in [-0.1, -0.05) is 0 Å². The summed E-state index contributed by atoms with van der Waals surface area (Å²) in [6.45, 7) is 6.92. The second-order valence-electron chi connectivity index (χ2n) is 9.91. The van der Waals surface area contributed by atoms with Gasteiger partial charge >= 0.3 is 6.18 Å². The van der Waals surface area contributed by atoms with Gasteiger partial charge in [0.1, 0.15) is 22.9 Å². The van der Waals surface area contributed by atoms with Crippen molar-refractivity contribution < 1.29 is 17.9 Å². The monoisotopic (exact) mass is 562 g/mol. The number of rotatable bonds is 7. The fraction of sp³-hybridized carbons (Fsp3) is 0.276. The number of piperazine rings is 1. The number of hydrogen-bond donors (Lipinski definition) is 2. The number of aryl methyl sites for hydroxylation is 1. The number of nitrogens with one attached hydrogen (secondary N) is 2. The fourth-order valence-electron chi connectivity index (χ4n) is 4.87. The number of benzene rings is 2. The molecule has 0 amide bonds. The Morgan fingerprint density at radius 2 is 1.71 bits per heavy atom. The van der Waals surface area contributed by atoms with Crippen molar-refractivity contribution in [2.24, 2.45) is 0 Å². The number of nitrogens with zero attached hydrogens (tertiary/aromatic N) is 6. The van der Waals surface area contributed by atoms with Gasteiger partial charge in [-0.05, 0) is 56.4 Å². The van der Waals surface area contributed by atoms with Crippen molar-refractivity contribution >= 4 is 28.4 Å². The number of imidazole rings is 2. The van der Waals surface area contributed by atoms with E-state index in [1.165, 1.54) is 18.0 Å². The summed E-state index contributed by atoms with van der Waals surface area (Å²) in [6.07, 6.45) is -2.31. The van der Waals surface area contributed by atoms with E-state index in [9.17, 15) is 13.2 Å². The van der Waals surface area contributed by atoms with Gasteiger partial charge in [0.2, 0.25) is 5.95 Å². The Bertz CT molecular complexity index is 1650. The summed E-state index contributed by atoms with van der Waals surface area (Å²) in [5.41, 5.74) is 3.15. The summed E-state index contributed by atoms with van der Waals surface area (Å²) >= 11 is 0. The molecule has 3 aromatic heterocycles. The highest BCUT2D eigenvalue weighted by Crippen LogP contribution is 2.32. The standard InChI is InChI=1S/C29H29F3N8O/c1-3-40-25-9-8-21(41-22-10-11-33-24(17-22)27-34-18-26(37-27)29(30,31)32)16-23(25)36-28(40)35-19-4-6-20(7-5-19)39-14-12-38(2)13-15-39/h4-11,16-18H,3,12-15H2,1-2H3,(H,34,37)(H,35,36). The Balaban J connectivity index is 1.19. The van der Waals surface area contributed by atoms with Crippen LogP contribution in [0.1, 0.15) is 12.6 Å². The van der Waals surface area contributed by atoms with Gasteiger partial charge in [-0.3, -0.25) is 4.98 Å². The van der Waals surface area contributed by atoms with Crippen LogP contribution in [0.3, 0.4) is 0 Å². The van der Waals surface area contributed by atoms with Crippen molar-refractivity contribution in [3.63, 3.8) is 0 Å². The molecule has 0 saturated carbocycles. The fourth-order valence-corrected chi connectivity index (χ4v) is 4.87. The molecule has 0 bridgehead atoms. The van der Waals surface area contributed by atoms with Crippen LogP contribution < -0.4 is 15.0 Å². The maximum Gasteiger partial charge on any atom is 0.432 e. The lowest BCUT2D eigenvalue weighted by Gasteiger charge is -2.34. The summed E-state index contributed by atoms with van der Waals surface area (Å²) in [5.74, 6) is 1.67. The molecule has 0 atom stereocenters. The molecule has 0 aliphatic carbocycles. The van der Waals surface area contributed by atoms with Crippen LogP contribution in [-0.2, 0) is 12.7 Å².